The van der Waals surface area contributed by atoms with Gasteiger partial charge in [0, 0.05) is 17.8 Å². The number of hydrogen-bond donors (Lipinski definition) is 2. The highest BCUT2D eigenvalue weighted by molar-refractivity contribution is 5.95. The Bertz CT molecular complexity index is 506. The monoisotopic (exact) mass is 290 g/mol. The maximum Gasteiger partial charge on any atom is 0.231 e. The predicted molar refractivity (Wildman–Crippen MR) is 79.9 cm³/mol. The average molecular weight is 290 g/mol. The molecule has 1 unspecified atom stereocenters. The van der Waals surface area contributed by atoms with E-state index in [2.05, 4.69) is 10.6 Å². The second-order valence-corrected chi connectivity index (χ2v) is 5.99. The van der Waals surface area contributed by atoms with Crippen molar-refractivity contribution >= 4 is 11.6 Å². The number of benzene rings is 1. The third kappa shape index (κ3) is 3.26. The first-order valence-electron chi connectivity index (χ1n) is 7.53. The first-order valence-corrected chi connectivity index (χ1v) is 7.53. The molecule has 1 aromatic rings. The molecule has 2 fully saturated rings. The molecule has 0 aromatic heterocycles. The Labute approximate surface area is 125 Å². The summed E-state index contributed by atoms with van der Waals surface area (Å²) in [5.74, 6) is 0.0695. The van der Waals surface area contributed by atoms with E-state index in [1.165, 1.54) is 0 Å². The summed E-state index contributed by atoms with van der Waals surface area (Å²) >= 11 is 0. The number of ether oxygens (including phenoxy) is 2. The summed E-state index contributed by atoms with van der Waals surface area (Å²) < 4.78 is 11.0. The second kappa shape index (κ2) is 6.13. The van der Waals surface area contributed by atoms with Crippen LogP contribution in [-0.4, -0.2) is 32.2 Å². The van der Waals surface area contributed by atoms with Gasteiger partial charge in [0.05, 0.1) is 18.6 Å². The minimum atomic E-state index is -0.339. The molecule has 1 atom stereocenters. The molecule has 5 nitrogen and oxygen atoms in total. The third-order valence-corrected chi connectivity index (χ3v) is 4.18. The number of hydrogen-bond acceptors (Lipinski definition) is 4. The van der Waals surface area contributed by atoms with Gasteiger partial charge in [-0.3, -0.25) is 4.79 Å². The van der Waals surface area contributed by atoms with E-state index >= 15 is 0 Å². The number of piperidine rings is 1. The molecule has 0 bridgehead atoms. The molecular weight excluding hydrogens is 268 g/mol. The van der Waals surface area contributed by atoms with E-state index in [1.54, 1.807) is 0 Å². The van der Waals surface area contributed by atoms with Crippen molar-refractivity contribution in [3.05, 3.63) is 29.8 Å². The molecule has 0 saturated carbocycles. The fraction of sp³-hybridized carbons (Fsp3) is 0.562. The smallest absolute Gasteiger partial charge is 0.231 e. The van der Waals surface area contributed by atoms with Gasteiger partial charge in [-0.15, -0.1) is 0 Å². The van der Waals surface area contributed by atoms with Crippen molar-refractivity contribution in [1.29, 1.82) is 0 Å². The fourth-order valence-electron chi connectivity index (χ4n) is 2.85. The zero-order valence-corrected chi connectivity index (χ0v) is 12.4. The lowest BCUT2D eigenvalue weighted by Gasteiger charge is -2.32. The summed E-state index contributed by atoms with van der Waals surface area (Å²) in [7, 11) is 0. The number of anilines is 1. The van der Waals surface area contributed by atoms with Crippen LogP contribution in [-0.2, 0) is 14.3 Å². The number of carbonyl (C=O) groups excluding carboxylic acids is 1. The molecule has 2 saturated heterocycles. The van der Waals surface area contributed by atoms with Crippen molar-refractivity contribution in [2.24, 2.45) is 5.41 Å². The van der Waals surface area contributed by atoms with E-state index in [-0.39, 0.29) is 17.6 Å². The second-order valence-electron chi connectivity index (χ2n) is 5.99. The molecule has 5 heteroatoms. The molecule has 2 aliphatic heterocycles. The molecule has 2 aliphatic rings. The van der Waals surface area contributed by atoms with Crippen LogP contribution in [0, 0.1) is 5.41 Å². The van der Waals surface area contributed by atoms with Crippen molar-refractivity contribution in [2.45, 2.75) is 26.1 Å². The highest BCUT2D eigenvalue weighted by atomic mass is 16.7. The van der Waals surface area contributed by atoms with Crippen LogP contribution < -0.4 is 10.6 Å². The predicted octanol–water partition coefficient (Wildman–Crippen LogP) is 2.06. The van der Waals surface area contributed by atoms with Gasteiger partial charge in [0.25, 0.3) is 0 Å². The molecule has 21 heavy (non-hydrogen) atoms. The minimum absolute atomic E-state index is 0.0695. The lowest BCUT2D eigenvalue weighted by molar-refractivity contribution is -0.125. The summed E-state index contributed by atoms with van der Waals surface area (Å²) in [5, 5.41) is 6.32. The third-order valence-electron chi connectivity index (χ3n) is 4.18. The van der Waals surface area contributed by atoms with Crippen molar-refractivity contribution in [2.75, 3.05) is 31.6 Å². The average Bonchev–Trinajstić information content (AvgIpc) is 3.02. The lowest BCUT2D eigenvalue weighted by atomic mass is 9.82. The maximum absolute atomic E-state index is 12.5. The SMILES string of the molecule is CC1(C(=O)Nc2cccc(C3OCCO3)c2)CCCNC1. The van der Waals surface area contributed by atoms with Crippen LogP contribution in [0.4, 0.5) is 5.69 Å². The van der Waals surface area contributed by atoms with Gasteiger partial charge < -0.3 is 20.1 Å². The number of nitrogens with one attached hydrogen (secondary N) is 2. The van der Waals surface area contributed by atoms with Gasteiger partial charge in [0.1, 0.15) is 0 Å². The molecule has 0 aliphatic carbocycles. The molecular formula is C16H22N2O3. The van der Waals surface area contributed by atoms with Gasteiger partial charge in [0.2, 0.25) is 5.91 Å². The van der Waals surface area contributed by atoms with Gasteiger partial charge >= 0.3 is 0 Å². The van der Waals surface area contributed by atoms with Crippen molar-refractivity contribution < 1.29 is 14.3 Å². The summed E-state index contributed by atoms with van der Waals surface area (Å²) in [6.45, 7) is 4.97. The Kier molecular flexibility index (Phi) is 4.24. The van der Waals surface area contributed by atoms with Crippen molar-refractivity contribution in [1.82, 2.24) is 5.32 Å². The molecule has 3 rings (SSSR count). The van der Waals surface area contributed by atoms with Gasteiger partial charge in [-0.1, -0.05) is 12.1 Å². The van der Waals surface area contributed by atoms with E-state index in [9.17, 15) is 4.79 Å². The zero-order valence-electron chi connectivity index (χ0n) is 12.4. The quantitative estimate of drug-likeness (QED) is 0.894. The van der Waals surface area contributed by atoms with Crippen LogP contribution in [0.25, 0.3) is 0 Å². The van der Waals surface area contributed by atoms with Gasteiger partial charge in [-0.05, 0) is 38.4 Å². The Morgan fingerprint density at radius 2 is 2.19 bits per heavy atom. The summed E-state index contributed by atoms with van der Waals surface area (Å²) in [6.07, 6.45) is 1.64. The maximum atomic E-state index is 12.5. The van der Waals surface area contributed by atoms with E-state index in [4.69, 9.17) is 9.47 Å². The van der Waals surface area contributed by atoms with Crippen molar-refractivity contribution in [3.63, 3.8) is 0 Å². The highest BCUT2D eigenvalue weighted by Crippen LogP contribution is 2.29. The molecule has 1 amide bonds. The molecule has 2 N–H and O–H groups in total. The first kappa shape index (κ1) is 14.5. The topological polar surface area (TPSA) is 59.6 Å². The summed E-state index contributed by atoms with van der Waals surface area (Å²) in [4.78, 5) is 12.5. The molecule has 2 heterocycles. The van der Waals surface area contributed by atoms with Crippen molar-refractivity contribution in [3.8, 4) is 0 Å². The van der Waals surface area contributed by atoms with Crippen LogP contribution in [0.5, 0.6) is 0 Å². The lowest BCUT2D eigenvalue weighted by Crippen LogP contribution is -2.46. The Hall–Kier alpha value is -1.43. The molecule has 0 radical (unpaired) electrons. The Morgan fingerprint density at radius 1 is 1.38 bits per heavy atom. The fourth-order valence-corrected chi connectivity index (χ4v) is 2.85. The van der Waals surface area contributed by atoms with E-state index in [1.807, 2.05) is 31.2 Å². The van der Waals surface area contributed by atoms with E-state index in [0.29, 0.717) is 13.2 Å². The standard InChI is InChI=1S/C16H22N2O3/c1-16(6-3-7-17-11-16)15(19)18-13-5-2-4-12(10-13)14-20-8-9-21-14/h2,4-5,10,14,17H,3,6-9,11H2,1H3,(H,18,19). The zero-order chi connectivity index (χ0) is 14.7. The minimum Gasteiger partial charge on any atom is -0.346 e. The number of rotatable bonds is 3. The van der Waals surface area contributed by atoms with Gasteiger partial charge in [-0.25, -0.2) is 0 Å². The first-order chi connectivity index (χ1) is 10.2. The van der Waals surface area contributed by atoms with Crippen LogP contribution in [0.2, 0.25) is 0 Å². The van der Waals surface area contributed by atoms with Crippen LogP contribution >= 0.6 is 0 Å². The number of carbonyl (C=O) groups is 1. The Balaban J connectivity index is 1.69. The summed E-state index contributed by atoms with van der Waals surface area (Å²) in [5.41, 5.74) is 1.40. The number of amides is 1. The molecule has 114 valence electrons. The normalized spacial score (nSPS) is 26.7. The summed E-state index contributed by atoms with van der Waals surface area (Å²) in [6, 6.07) is 7.69. The van der Waals surface area contributed by atoms with Gasteiger partial charge in [0.15, 0.2) is 6.29 Å². The molecule has 0 spiro atoms. The van der Waals surface area contributed by atoms with Gasteiger partial charge in [-0.2, -0.15) is 0 Å². The van der Waals surface area contributed by atoms with Crippen LogP contribution in [0.3, 0.4) is 0 Å². The van der Waals surface area contributed by atoms with Crippen LogP contribution in [0.15, 0.2) is 24.3 Å². The Morgan fingerprint density at radius 3 is 2.90 bits per heavy atom. The van der Waals surface area contributed by atoms with E-state index < -0.39 is 0 Å². The van der Waals surface area contributed by atoms with E-state index in [0.717, 1.165) is 37.2 Å². The van der Waals surface area contributed by atoms with Crippen LogP contribution in [0.1, 0.15) is 31.6 Å². The highest BCUT2D eigenvalue weighted by Gasteiger charge is 2.34. The molecule has 1 aromatic carbocycles. The largest absolute Gasteiger partial charge is 0.346 e.